The Kier molecular flexibility index (Phi) is 8.91. The molecule has 0 saturated carbocycles. The summed E-state index contributed by atoms with van der Waals surface area (Å²) in [5, 5.41) is 0. The lowest BCUT2D eigenvalue weighted by Gasteiger charge is -2.21. The van der Waals surface area contributed by atoms with E-state index in [4.69, 9.17) is 4.74 Å². The maximum Gasteiger partial charge on any atom is 0.323 e. The Morgan fingerprint density at radius 1 is 1.31 bits per heavy atom. The minimum atomic E-state index is -0.129. The van der Waals surface area contributed by atoms with Gasteiger partial charge in [-0.25, -0.2) is 0 Å². The molecular formula is C13H25NO2. The standard InChI is InChI=1S/C13H25NO2/c1-5-6-7-8-9-10-11-12(14(2)3)13(15)16-4/h5,12H,1,6-11H2,2-4H3/t12-/m0/s1. The number of rotatable bonds is 9. The van der Waals surface area contributed by atoms with Gasteiger partial charge in [-0.2, -0.15) is 0 Å². The number of nitrogens with zero attached hydrogens (tertiary/aromatic N) is 1. The van der Waals surface area contributed by atoms with E-state index in [0.29, 0.717) is 0 Å². The van der Waals surface area contributed by atoms with Crippen LogP contribution in [0.2, 0.25) is 0 Å². The van der Waals surface area contributed by atoms with Crippen molar-refractivity contribution in [3.8, 4) is 0 Å². The first kappa shape index (κ1) is 15.2. The molecule has 0 fully saturated rings. The molecule has 0 N–H and O–H groups in total. The lowest BCUT2D eigenvalue weighted by atomic mass is 10.1. The van der Waals surface area contributed by atoms with E-state index in [9.17, 15) is 4.79 Å². The lowest BCUT2D eigenvalue weighted by Crippen LogP contribution is -2.36. The van der Waals surface area contributed by atoms with Gasteiger partial charge >= 0.3 is 5.97 Å². The van der Waals surface area contributed by atoms with Crippen LogP contribution in [0.1, 0.15) is 38.5 Å². The quantitative estimate of drug-likeness (QED) is 0.344. The molecule has 3 heteroatoms. The van der Waals surface area contributed by atoms with Gasteiger partial charge in [-0.1, -0.05) is 25.3 Å². The fourth-order valence-corrected chi connectivity index (χ4v) is 1.70. The SMILES string of the molecule is C=CCCCCCC[C@@H](C(=O)OC)N(C)C. The molecule has 94 valence electrons. The number of ether oxygens (including phenoxy) is 1. The summed E-state index contributed by atoms with van der Waals surface area (Å²) in [5.74, 6) is -0.129. The Balaban J connectivity index is 3.69. The first-order chi connectivity index (χ1) is 7.63. The van der Waals surface area contributed by atoms with Crippen LogP contribution in [0.4, 0.5) is 0 Å². The van der Waals surface area contributed by atoms with Crippen molar-refractivity contribution in [2.75, 3.05) is 21.2 Å². The van der Waals surface area contributed by atoms with E-state index >= 15 is 0 Å². The Labute approximate surface area is 99.5 Å². The average Bonchev–Trinajstić information content (AvgIpc) is 2.26. The second kappa shape index (κ2) is 9.40. The van der Waals surface area contributed by atoms with Crippen molar-refractivity contribution in [3.05, 3.63) is 12.7 Å². The molecular weight excluding hydrogens is 202 g/mol. The second-order valence-electron chi connectivity index (χ2n) is 4.28. The molecule has 0 heterocycles. The fraction of sp³-hybridized carbons (Fsp3) is 0.769. The third kappa shape index (κ3) is 6.62. The van der Waals surface area contributed by atoms with Gasteiger partial charge in [-0.15, -0.1) is 6.58 Å². The number of hydrogen-bond acceptors (Lipinski definition) is 3. The number of methoxy groups -OCH3 is 1. The van der Waals surface area contributed by atoms with Gasteiger partial charge in [0.15, 0.2) is 0 Å². The van der Waals surface area contributed by atoms with Gasteiger partial charge in [-0.05, 0) is 33.4 Å². The highest BCUT2D eigenvalue weighted by Crippen LogP contribution is 2.11. The minimum absolute atomic E-state index is 0.0931. The summed E-state index contributed by atoms with van der Waals surface area (Å²) in [6.45, 7) is 3.70. The van der Waals surface area contributed by atoms with Crippen LogP contribution >= 0.6 is 0 Å². The lowest BCUT2D eigenvalue weighted by molar-refractivity contribution is -0.146. The molecule has 0 aromatic heterocycles. The topological polar surface area (TPSA) is 29.5 Å². The fourth-order valence-electron chi connectivity index (χ4n) is 1.70. The van der Waals surface area contributed by atoms with Crippen LogP contribution in [0.5, 0.6) is 0 Å². The molecule has 3 nitrogen and oxygen atoms in total. The normalized spacial score (nSPS) is 12.5. The maximum absolute atomic E-state index is 11.4. The number of carbonyl (C=O) groups is 1. The van der Waals surface area contributed by atoms with Crippen LogP contribution in [0, 0.1) is 0 Å². The van der Waals surface area contributed by atoms with Gasteiger partial charge in [0, 0.05) is 0 Å². The monoisotopic (exact) mass is 227 g/mol. The van der Waals surface area contributed by atoms with Crippen LogP contribution < -0.4 is 0 Å². The minimum Gasteiger partial charge on any atom is -0.468 e. The summed E-state index contributed by atoms with van der Waals surface area (Å²) in [6.07, 6.45) is 8.60. The largest absolute Gasteiger partial charge is 0.468 e. The van der Waals surface area contributed by atoms with Crippen LogP contribution in [0.15, 0.2) is 12.7 Å². The Bertz CT molecular complexity index is 202. The molecule has 1 atom stereocenters. The van der Waals surface area contributed by atoms with E-state index in [0.717, 1.165) is 19.3 Å². The summed E-state index contributed by atoms with van der Waals surface area (Å²) in [6, 6.07) is -0.0931. The first-order valence-electron chi connectivity index (χ1n) is 5.98. The predicted molar refractivity (Wildman–Crippen MR) is 67.4 cm³/mol. The van der Waals surface area contributed by atoms with E-state index in [2.05, 4.69) is 6.58 Å². The third-order valence-electron chi connectivity index (χ3n) is 2.73. The van der Waals surface area contributed by atoms with Crippen molar-refractivity contribution in [3.63, 3.8) is 0 Å². The molecule has 0 aliphatic carbocycles. The van der Waals surface area contributed by atoms with Gasteiger partial charge in [0.05, 0.1) is 7.11 Å². The van der Waals surface area contributed by atoms with Crippen molar-refractivity contribution in [1.29, 1.82) is 0 Å². The molecule has 0 aliphatic rings. The Hall–Kier alpha value is -0.830. The van der Waals surface area contributed by atoms with Gasteiger partial charge < -0.3 is 4.74 Å². The van der Waals surface area contributed by atoms with E-state index in [-0.39, 0.29) is 12.0 Å². The molecule has 16 heavy (non-hydrogen) atoms. The van der Waals surface area contributed by atoms with Crippen molar-refractivity contribution < 1.29 is 9.53 Å². The zero-order valence-electron chi connectivity index (χ0n) is 10.9. The Morgan fingerprint density at radius 3 is 2.44 bits per heavy atom. The number of carbonyl (C=O) groups excluding carboxylic acids is 1. The summed E-state index contributed by atoms with van der Waals surface area (Å²) in [5.41, 5.74) is 0. The molecule has 0 rings (SSSR count). The predicted octanol–water partition coefficient (Wildman–Crippen LogP) is 2.62. The number of likely N-dealkylation sites (N-methyl/N-ethyl adjacent to an activating group) is 1. The van der Waals surface area contributed by atoms with Gasteiger partial charge in [-0.3, -0.25) is 9.69 Å². The van der Waals surface area contributed by atoms with Crippen LogP contribution in [0.3, 0.4) is 0 Å². The average molecular weight is 227 g/mol. The van der Waals surface area contributed by atoms with Crippen molar-refractivity contribution in [2.24, 2.45) is 0 Å². The summed E-state index contributed by atoms with van der Waals surface area (Å²) in [4.78, 5) is 13.4. The van der Waals surface area contributed by atoms with E-state index < -0.39 is 0 Å². The second-order valence-corrected chi connectivity index (χ2v) is 4.28. The van der Waals surface area contributed by atoms with Gasteiger partial charge in [0.1, 0.15) is 6.04 Å². The number of unbranched alkanes of at least 4 members (excludes halogenated alkanes) is 4. The zero-order valence-corrected chi connectivity index (χ0v) is 10.9. The van der Waals surface area contributed by atoms with Crippen LogP contribution in [-0.4, -0.2) is 38.1 Å². The molecule has 0 radical (unpaired) electrons. The van der Waals surface area contributed by atoms with Gasteiger partial charge in [0.25, 0.3) is 0 Å². The third-order valence-corrected chi connectivity index (χ3v) is 2.73. The molecule has 0 spiro atoms. The van der Waals surface area contributed by atoms with Crippen LogP contribution in [-0.2, 0) is 9.53 Å². The number of esters is 1. The van der Waals surface area contributed by atoms with Crippen molar-refractivity contribution >= 4 is 5.97 Å². The molecule has 0 amide bonds. The molecule has 0 aliphatic heterocycles. The summed E-state index contributed by atoms with van der Waals surface area (Å²) < 4.78 is 4.78. The molecule has 0 unspecified atom stereocenters. The molecule has 0 aromatic rings. The van der Waals surface area contributed by atoms with Crippen molar-refractivity contribution in [2.45, 2.75) is 44.6 Å². The van der Waals surface area contributed by atoms with Crippen LogP contribution in [0.25, 0.3) is 0 Å². The van der Waals surface area contributed by atoms with Gasteiger partial charge in [0.2, 0.25) is 0 Å². The number of hydrogen-bond donors (Lipinski definition) is 0. The molecule has 0 aromatic carbocycles. The first-order valence-corrected chi connectivity index (χ1v) is 5.98. The van der Waals surface area contributed by atoms with Crippen molar-refractivity contribution in [1.82, 2.24) is 4.90 Å². The zero-order chi connectivity index (χ0) is 12.4. The van der Waals surface area contributed by atoms with E-state index in [1.165, 1.54) is 26.4 Å². The number of allylic oxidation sites excluding steroid dienone is 1. The maximum atomic E-state index is 11.4. The summed E-state index contributed by atoms with van der Waals surface area (Å²) >= 11 is 0. The molecule has 0 saturated heterocycles. The Morgan fingerprint density at radius 2 is 1.94 bits per heavy atom. The van der Waals surface area contributed by atoms with E-state index in [1.807, 2.05) is 25.1 Å². The molecule has 0 bridgehead atoms. The summed E-state index contributed by atoms with van der Waals surface area (Å²) in [7, 11) is 5.28. The smallest absolute Gasteiger partial charge is 0.323 e. The highest BCUT2D eigenvalue weighted by Gasteiger charge is 2.20. The highest BCUT2D eigenvalue weighted by molar-refractivity contribution is 5.75. The highest BCUT2D eigenvalue weighted by atomic mass is 16.5. The van der Waals surface area contributed by atoms with E-state index in [1.54, 1.807) is 0 Å².